The second kappa shape index (κ2) is 25.3. The van der Waals surface area contributed by atoms with Crippen LogP contribution < -0.4 is 26.4 Å². The van der Waals surface area contributed by atoms with Gasteiger partial charge in [0, 0.05) is 64.4 Å². The number of carboxylic acids is 1. The maximum absolute atomic E-state index is 12.8. The van der Waals surface area contributed by atoms with Gasteiger partial charge in [0.25, 0.3) is 11.8 Å². The zero-order valence-electron chi connectivity index (χ0n) is 31.6. The van der Waals surface area contributed by atoms with Gasteiger partial charge in [0.15, 0.2) is 6.10 Å². The van der Waals surface area contributed by atoms with E-state index in [1.165, 1.54) is 31.2 Å². The van der Waals surface area contributed by atoms with Crippen molar-refractivity contribution in [2.75, 3.05) is 77.8 Å². The molecule has 0 bridgehead atoms. The molecule has 4 atom stereocenters. The Labute approximate surface area is 328 Å². The van der Waals surface area contributed by atoms with Gasteiger partial charge < -0.3 is 65.1 Å². The number of aliphatic hydroxyl groups is 1. The van der Waals surface area contributed by atoms with Crippen LogP contribution >= 0.6 is 0 Å². The summed E-state index contributed by atoms with van der Waals surface area (Å²) in [5.41, 5.74) is 6.42. The quantitative estimate of drug-likeness (QED) is 0.0330. The lowest BCUT2D eigenvalue weighted by Gasteiger charge is -2.35. The molecule has 21 heteroatoms. The second-order valence-electron chi connectivity index (χ2n) is 12.5. The molecule has 2 aliphatic rings. The Hall–Kier alpha value is -5.03. The molecule has 7 N–H and O–H groups in total. The van der Waals surface area contributed by atoms with E-state index < -0.39 is 54.2 Å². The van der Waals surface area contributed by atoms with Gasteiger partial charge >= 0.3 is 11.9 Å². The number of nitrogens with two attached hydrogens (primary N) is 1. The third kappa shape index (κ3) is 17.8. The van der Waals surface area contributed by atoms with Gasteiger partial charge in [0.1, 0.15) is 12.4 Å². The number of nitrogens with zero attached hydrogens (tertiary/aromatic N) is 1. The van der Waals surface area contributed by atoms with Crippen molar-refractivity contribution in [3.8, 4) is 5.75 Å². The third-order valence-corrected chi connectivity index (χ3v) is 8.08. The SMILES string of the molecule is CC(=O)OCc1ccc(O[C@H]2C[C@@H](O)[C@H](N)[C@@H](C(=O)O)O2)c(NC(=O)CCNC(=O)CCOCCOCCOCCOCCNC(=O)CCN2C(=O)C=CC2=O)c1. The molecule has 5 amide bonds. The highest BCUT2D eigenvalue weighted by Gasteiger charge is 2.41. The number of imide groups is 1. The average Bonchev–Trinajstić information content (AvgIpc) is 3.49. The molecule has 1 aromatic rings. The first-order valence-electron chi connectivity index (χ1n) is 18.3. The average molecular weight is 810 g/mol. The van der Waals surface area contributed by atoms with Crippen LogP contribution in [0.2, 0.25) is 0 Å². The summed E-state index contributed by atoms with van der Waals surface area (Å²) in [6.45, 7) is 3.69. The second-order valence-corrected chi connectivity index (χ2v) is 12.5. The van der Waals surface area contributed by atoms with Crippen LogP contribution in [0.25, 0.3) is 0 Å². The zero-order chi connectivity index (χ0) is 41.6. The molecule has 0 radical (unpaired) electrons. The topological polar surface area (TPSA) is 290 Å². The van der Waals surface area contributed by atoms with Crippen molar-refractivity contribution in [1.82, 2.24) is 15.5 Å². The fraction of sp³-hybridized carbons (Fsp3) is 0.583. The number of aliphatic hydroxyl groups excluding tert-OH is 1. The minimum absolute atomic E-state index is 0.0102. The van der Waals surface area contributed by atoms with Crippen LogP contribution in [0, 0.1) is 0 Å². The largest absolute Gasteiger partial charge is 0.479 e. The highest BCUT2D eigenvalue weighted by atomic mass is 16.7. The van der Waals surface area contributed by atoms with Crippen molar-refractivity contribution < 1.29 is 76.9 Å². The van der Waals surface area contributed by atoms with Crippen molar-refractivity contribution in [3.63, 3.8) is 0 Å². The van der Waals surface area contributed by atoms with Crippen LogP contribution in [-0.4, -0.2) is 154 Å². The number of hydrogen-bond donors (Lipinski definition) is 6. The van der Waals surface area contributed by atoms with Gasteiger partial charge in [-0.05, 0) is 17.7 Å². The molecule has 0 spiro atoms. The van der Waals surface area contributed by atoms with E-state index in [4.69, 9.17) is 38.9 Å². The van der Waals surface area contributed by atoms with Gasteiger partial charge in [-0.15, -0.1) is 0 Å². The summed E-state index contributed by atoms with van der Waals surface area (Å²) in [6, 6.07) is 3.38. The Morgan fingerprint density at radius 1 is 0.825 bits per heavy atom. The lowest BCUT2D eigenvalue weighted by Crippen LogP contribution is -2.57. The lowest BCUT2D eigenvalue weighted by atomic mass is 9.99. The van der Waals surface area contributed by atoms with E-state index in [1.54, 1.807) is 6.07 Å². The van der Waals surface area contributed by atoms with Crippen molar-refractivity contribution in [2.24, 2.45) is 5.73 Å². The number of nitrogens with one attached hydrogen (secondary N) is 3. The van der Waals surface area contributed by atoms with Crippen LogP contribution in [0.4, 0.5) is 5.69 Å². The third-order valence-electron chi connectivity index (χ3n) is 8.08. The number of carbonyl (C=O) groups excluding carboxylic acids is 6. The number of carbonyl (C=O) groups is 7. The van der Waals surface area contributed by atoms with E-state index in [0.717, 1.165) is 4.90 Å². The fourth-order valence-corrected chi connectivity index (χ4v) is 5.12. The van der Waals surface area contributed by atoms with Crippen molar-refractivity contribution in [1.29, 1.82) is 0 Å². The number of amides is 5. The van der Waals surface area contributed by atoms with Crippen LogP contribution in [0.3, 0.4) is 0 Å². The zero-order valence-corrected chi connectivity index (χ0v) is 31.6. The van der Waals surface area contributed by atoms with E-state index in [2.05, 4.69) is 16.0 Å². The summed E-state index contributed by atoms with van der Waals surface area (Å²) < 4.78 is 37.9. The van der Waals surface area contributed by atoms with Crippen molar-refractivity contribution in [2.45, 2.75) is 63.8 Å². The molecule has 3 rings (SSSR count). The highest BCUT2D eigenvalue weighted by Crippen LogP contribution is 2.30. The van der Waals surface area contributed by atoms with E-state index in [0.29, 0.717) is 32.0 Å². The van der Waals surface area contributed by atoms with E-state index in [9.17, 15) is 43.8 Å². The number of esters is 1. The predicted octanol–water partition coefficient (Wildman–Crippen LogP) is -1.65. The normalized spacial score (nSPS) is 19.0. The first-order chi connectivity index (χ1) is 27.3. The summed E-state index contributed by atoms with van der Waals surface area (Å²) >= 11 is 0. The van der Waals surface area contributed by atoms with Crippen molar-refractivity contribution >= 4 is 47.2 Å². The number of ether oxygens (including phenoxy) is 7. The fourth-order valence-electron chi connectivity index (χ4n) is 5.12. The lowest BCUT2D eigenvalue weighted by molar-refractivity contribution is -0.200. The molecular formula is C36H51N5O16. The highest BCUT2D eigenvalue weighted by molar-refractivity contribution is 6.13. The molecule has 2 heterocycles. The molecule has 0 aliphatic carbocycles. The van der Waals surface area contributed by atoms with Crippen LogP contribution in [0.15, 0.2) is 30.4 Å². The molecule has 2 aliphatic heterocycles. The molecule has 0 unspecified atom stereocenters. The number of benzene rings is 1. The molecule has 0 aromatic heterocycles. The number of rotatable bonds is 27. The maximum Gasteiger partial charge on any atom is 0.334 e. The van der Waals surface area contributed by atoms with Gasteiger partial charge in [0.2, 0.25) is 24.0 Å². The molecule has 57 heavy (non-hydrogen) atoms. The number of aliphatic carboxylic acids is 1. The Morgan fingerprint density at radius 3 is 2.05 bits per heavy atom. The Kier molecular flexibility index (Phi) is 20.5. The molecule has 21 nitrogen and oxygen atoms in total. The first kappa shape index (κ1) is 46.4. The Balaban J connectivity index is 1.20. The summed E-state index contributed by atoms with van der Waals surface area (Å²) in [4.78, 5) is 83.6. The van der Waals surface area contributed by atoms with Crippen LogP contribution in [0.1, 0.15) is 38.2 Å². The molecule has 0 saturated carbocycles. The number of carboxylic acid groups (broad SMARTS) is 1. The minimum Gasteiger partial charge on any atom is -0.479 e. The van der Waals surface area contributed by atoms with Crippen LogP contribution in [-0.2, 0) is 68.6 Å². The standard InChI is InChI=1S/C36H51N5O16/c1-23(42)55-22-24-2-3-27(56-33-21-26(43)34(37)35(57-33)36(49)50)25(20-24)40-30(46)6-9-38-29(45)8-12-51-14-16-53-18-19-54-17-15-52-13-10-39-28(44)7-11-41-31(47)4-5-32(41)48/h2-5,20,26,33-35,43H,6-19,21-22,37H2,1H3,(H,38,45)(H,39,44)(H,40,46)(H,49,50)/t26-,33-,34+,35+/m1/s1. The Morgan fingerprint density at radius 2 is 1.42 bits per heavy atom. The first-order valence-corrected chi connectivity index (χ1v) is 18.3. The maximum atomic E-state index is 12.8. The van der Waals surface area contributed by atoms with E-state index >= 15 is 0 Å². The number of hydrogen-bond acceptors (Lipinski definition) is 16. The summed E-state index contributed by atoms with van der Waals surface area (Å²) in [5, 5.41) is 27.6. The van der Waals surface area contributed by atoms with Crippen LogP contribution in [0.5, 0.6) is 5.75 Å². The van der Waals surface area contributed by atoms with Crippen molar-refractivity contribution in [3.05, 3.63) is 35.9 Å². The molecule has 316 valence electrons. The number of anilines is 1. The van der Waals surface area contributed by atoms with E-state index in [-0.39, 0.29) is 102 Å². The molecule has 1 fully saturated rings. The summed E-state index contributed by atoms with van der Waals surface area (Å²) in [5.74, 6) is -3.77. The molecule has 1 aromatic carbocycles. The minimum atomic E-state index is -1.52. The predicted molar refractivity (Wildman–Crippen MR) is 195 cm³/mol. The summed E-state index contributed by atoms with van der Waals surface area (Å²) in [7, 11) is 0. The molecular weight excluding hydrogens is 758 g/mol. The van der Waals surface area contributed by atoms with Gasteiger partial charge in [-0.3, -0.25) is 33.7 Å². The van der Waals surface area contributed by atoms with Gasteiger partial charge in [-0.2, -0.15) is 0 Å². The monoisotopic (exact) mass is 809 g/mol. The smallest absolute Gasteiger partial charge is 0.334 e. The summed E-state index contributed by atoms with van der Waals surface area (Å²) in [6.07, 6.45) is -1.78. The Bertz CT molecular complexity index is 1540. The van der Waals surface area contributed by atoms with Gasteiger partial charge in [0.05, 0.1) is 70.7 Å². The van der Waals surface area contributed by atoms with Gasteiger partial charge in [-0.25, -0.2) is 4.79 Å². The van der Waals surface area contributed by atoms with Gasteiger partial charge in [-0.1, -0.05) is 6.07 Å². The van der Waals surface area contributed by atoms with E-state index in [1.807, 2.05) is 0 Å². The molecule has 1 saturated heterocycles.